The number of aliphatic imine (C=N–C) groups is 1. The standard InChI is InChI=1S/C15H17N3O2S.HI/c16-15(17-9-11-4-7-21-10-11)18-12-2-3-13-14(8-12)20-6-1-5-19-13;/h2-4,7-8,10H,1,5-6,9H2,(H3,16,17,18);1H. The van der Waals surface area contributed by atoms with Crippen molar-refractivity contribution >= 4 is 47.0 Å². The molecular formula is C15H18IN3O2S. The number of anilines is 1. The van der Waals surface area contributed by atoms with Crippen molar-refractivity contribution in [2.75, 3.05) is 18.5 Å². The van der Waals surface area contributed by atoms with Gasteiger partial charge in [-0.05, 0) is 34.5 Å². The summed E-state index contributed by atoms with van der Waals surface area (Å²) in [7, 11) is 0. The van der Waals surface area contributed by atoms with Gasteiger partial charge in [0.1, 0.15) is 0 Å². The average molecular weight is 431 g/mol. The zero-order valence-corrected chi connectivity index (χ0v) is 15.1. The van der Waals surface area contributed by atoms with Crippen LogP contribution in [-0.4, -0.2) is 19.2 Å². The Labute approximate surface area is 150 Å². The quantitative estimate of drug-likeness (QED) is 0.444. The van der Waals surface area contributed by atoms with Gasteiger partial charge in [0.25, 0.3) is 0 Å². The van der Waals surface area contributed by atoms with E-state index in [1.165, 1.54) is 0 Å². The Morgan fingerprint density at radius 1 is 1.23 bits per heavy atom. The Hall–Kier alpha value is -1.48. The van der Waals surface area contributed by atoms with Crippen LogP contribution < -0.4 is 20.5 Å². The highest BCUT2D eigenvalue weighted by Gasteiger charge is 2.10. The number of fused-ring (bicyclic) bond motifs is 1. The number of rotatable bonds is 3. The summed E-state index contributed by atoms with van der Waals surface area (Å²) >= 11 is 1.65. The fourth-order valence-electron chi connectivity index (χ4n) is 1.99. The van der Waals surface area contributed by atoms with Gasteiger partial charge < -0.3 is 20.5 Å². The first-order valence-electron chi connectivity index (χ1n) is 6.79. The third-order valence-corrected chi connectivity index (χ3v) is 3.76. The van der Waals surface area contributed by atoms with Crippen LogP contribution in [-0.2, 0) is 6.54 Å². The van der Waals surface area contributed by atoms with E-state index >= 15 is 0 Å². The molecule has 0 atom stereocenters. The third-order valence-electron chi connectivity index (χ3n) is 3.03. The summed E-state index contributed by atoms with van der Waals surface area (Å²) < 4.78 is 11.2. The van der Waals surface area contributed by atoms with Gasteiger partial charge in [-0.1, -0.05) is 0 Å². The maximum atomic E-state index is 5.90. The second kappa shape index (κ2) is 8.23. The van der Waals surface area contributed by atoms with Gasteiger partial charge in [-0.2, -0.15) is 11.3 Å². The van der Waals surface area contributed by atoms with E-state index in [2.05, 4.69) is 15.7 Å². The average Bonchev–Trinajstić information content (AvgIpc) is 2.90. The highest BCUT2D eigenvalue weighted by molar-refractivity contribution is 14.0. The number of benzene rings is 1. The van der Waals surface area contributed by atoms with Crippen LogP contribution in [0.5, 0.6) is 11.5 Å². The Kier molecular flexibility index (Phi) is 6.32. The second-order valence-corrected chi connectivity index (χ2v) is 5.45. The van der Waals surface area contributed by atoms with Crippen LogP contribution in [0.25, 0.3) is 0 Å². The molecule has 0 fully saturated rings. The van der Waals surface area contributed by atoms with Crippen LogP contribution in [0.1, 0.15) is 12.0 Å². The molecule has 0 saturated heterocycles. The lowest BCUT2D eigenvalue weighted by molar-refractivity contribution is 0.297. The summed E-state index contributed by atoms with van der Waals surface area (Å²) in [5.74, 6) is 1.89. The van der Waals surface area contributed by atoms with Crippen molar-refractivity contribution in [3.63, 3.8) is 0 Å². The van der Waals surface area contributed by atoms with Gasteiger partial charge in [-0.15, -0.1) is 24.0 Å². The number of nitrogens with zero attached hydrogens (tertiary/aromatic N) is 1. The maximum absolute atomic E-state index is 5.90. The fraction of sp³-hybridized carbons (Fsp3) is 0.267. The molecule has 1 aromatic heterocycles. The molecule has 0 aliphatic carbocycles. The van der Waals surface area contributed by atoms with Gasteiger partial charge in [-0.25, -0.2) is 4.99 Å². The molecule has 1 aliphatic rings. The van der Waals surface area contributed by atoms with Crippen molar-refractivity contribution in [3.05, 3.63) is 40.6 Å². The summed E-state index contributed by atoms with van der Waals surface area (Å²) in [5.41, 5.74) is 7.89. The van der Waals surface area contributed by atoms with Crippen molar-refractivity contribution in [2.24, 2.45) is 10.7 Å². The first-order valence-corrected chi connectivity index (χ1v) is 7.73. The maximum Gasteiger partial charge on any atom is 0.193 e. The number of thiophene rings is 1. The van der Waals surface area contributed by atoms with E-state index in [1.807, 2.05) is 29.6 Å². The SMILES string of the molecule is I.NC(=NCc1ccsc1)Nc1ccc2c(c1)OCCCO2. The van der Waals surface area contributed by atoms with E-state index in [-0.39, 0.29) is 24.0 Å². The van der Waals surface area contributed by atoms with Crippen molar-refractivity contribution in [1.82, 2.24) is 0 Å². The number of hydrogen-bond acceptors (Lipinski definition) is 4. The summed E-state index contributed by atoms with van der Waals surface area (Å²) in [5, 5.41) is 7.16. The van der Waals surface area contributed by atoms with Crippen LogP contribution >= 0.6 is 35.3 Å². The second-order valence-electron chi connectivity index (χ2n) is 4.67. The molecule has 2 aromatic rings. The first-order chi connectivity index (χ1) is 10.3. The van der Waals surface area contributed by atoms with Crippen molar-refractivity contribution < 1.29 is 9.47 Å². The summed E-state index contributed by atoms with van der Waals surface area (Å²) in [6, 6.07) is 7.71. The van der Waals surface area contributed by atoms with E-state index in [0.29, 0.717) is 25.7 Å². The minimum absolute atomic E-state index is 0. The molecule has 118 valence electrons. The highest BCUT2D eigenvalue weighted by Crippen LogP contribution is 2.32. The molecule has 1 aromatic carbocycles. The van der Waals surface area contributed by atoms with Crippen molar-refractivity contribution in [2.45, 2.75) is 13.0 Å². The summed E-state index contributed by atoms with van der Waals surface area (Å²) in [4.78, 5) is 4.31. The number of halogens is 1. The largest absolute Gasteiger partial charge is 0.490 e. The molecule has 7 heteroatoms. The lowest BCUT2D eigenvalue weighted by atomic mass is 10.3. The molecule has 2 heterocycles. The molecule has 5 nitrogen and oxygen atoms in total. The molecule has 0 unspecified atom stereocenters. The molecule has 0 radical (unpaired) electrons. The molecule has 3 rings (SSSR count). The molecule has 22 heavy (non-hydrogen) atoms. The first kappa shape index (κ1) is 16.9. The predicted octanol–water partition coefficient (Wildman–Crippen LogP) is 3.45. The van der Waals surface area contributed by atoms with Crippen LogP contribution in [0, 0.1) is 0 Å². The normalized spacial score (nSPS) is 13.9. The lowest BCUT2D eigenvalue weighted by Gasteiger charge is -2.10. The summed E-state index contributed by atoms with van der Waals surface area (Å²) in [6.07, 6.45) is 0.891. The fourth-order valence-corrected chi connectivity index (χ4v) is 2.65. The zero-order chi connectivity index (χ0) is 14.5. The number of guanidine groups is 1. The number of hydrogen-bond donors (Lipinski definition) is 2. The molecule has 1 aliphatic heterocycles. The predicted molar refractivity (Wildman–Crippen MR) is 101 cm³/mol. The van der Waals surface area contributed by atoms with Gasteiger partial charge in [0.2, 0.25) is 0 Å². The van der Waals surface area contributed by atoms with Gasteiger partial charge in [-0.3, -0.25) is 0 Å². The number of nitrogens with one attached hydrogen (secondary N) is 1. The molecule has 0 bridgehead atoms. The summed E-state index contributed by atoms with van der Waals surface area (Å²) in [6.45, 7) is 1.93. The number of ether oxygens (including phenoxy) is 2. The highest BCUT2D eigenvalue weighted by atomic mass is 127. The van der Waals surface area contributed by atoms with Gasteiger partial charge in [0.05, 0.1) is 19.8 Å². The van der Waals surface area contributed by atoms with Crippen LogP contribution in [0.4, 0.5) is 5.69 Å². The van der Waals surface area contributed by atoms with E-state index in [1.54, 1.807) is 11.3 Å². The Bertz CT molecular complexity index is 632. The van der Waals surface area contributed by atoms with Gasteiger partial charge >= 0.3 is 0 Å². The monoisotopic (exact) mass is 431 g/mol. The molecule has 3 N–H and O–H groups in total. The molecule has 0 saturated carbocycles. The van der Waals surface area contributed by atoms with Crippen LogP contribution in [0.2, 0.25) is 0 Å². The van der Waals surface area contributed by atoms with Gasteiger partial charge in [0, 0.05) is 18.2 Å². The van der Waals surface area contributed by atoms with E-state index in [0.717, 1.165) is 29.2 Å². The smallest absolute Gasteiger partial charge is 0.193 e. The Balaban J connectivity index is 0.00000176. The topological polar surface area (TPSA) is 68.9 Å². The van der Waals surface area contributed by atoms with Crippen molar-refractivity contribution in [3.8, 4) is 11.5 Å². The van der Waals surface area contributed by atoms with Gasteiger partial charge in [0.15, 0.2) is 17.5 Å². The lowest BCUT2D eigenvalue weighted by Crippen LogP contribution is -2.22. The number of nitrogens with two attached hydrogens (primary N) is 1. The molecule has 0 amide bonds. The van der Waals surface area contributed by atoms with E-state index in [9.17, 15) is 0 Å². The molecular weight excluding hydrogens is 413 g/mol. The van der Waals surface area contributed by atoms with E-state index in [4.69, 9.17) is 15.2 Å². The minimum atomic E-state index is 0. The zero-order valence-electron chi connectivity index (χ0n) is 12.0. The third kappa shape index (κ3) is 4.51. The van der Waals surface area contributed by atoms with Crippen LogP contribution in [0.3, 0.4) is 0 Å². The Morgan fingerprint density at radius 3 is 2.82 bits per heavy atom. The van der Waals surface area contributed by atoms with Crippen molar-refractivity contribution in [1.29, 1.82) is 0 Å². The minimum Gasteiger partial charge on any atom is -0.490 e. The Morgan fingerprint density at radius 2 is 2.05 bits per heavy atom. The molecule has 0 spiro atoms. The van der Waals surface area contributed by atoms with E-state index < -0.39 is 0 Å². The van der Waals surface area contributed by atoms with Crippen LogP contribution in [0.15, 0.2) is 40.0 Å².